The van der Waals surface area contributed by atoms with E-state index in [0.29, 0.717) is 17.9 Å². The van der Waals surface area contributed by atoms with Gasteiger partial charge < -0.3 is 9.30 Å². The van der Waals surface area contributed by atoms with Gasteiger partial charge in [-0.2, -0.15) is 0 Å². The first kappa shape index (κ1) is 35.6. The van der Waals surface area contributed by atoms with Gasteiger partial charge in [0, 0.05) is 24.7 Å². The first-order valence-electron chi connectivity index (χ1n) is 18.5. The predicted octanol–water partition coefficient (Wildman–Crippen LogP) is 9.95. The molecule has 0 amide bonds. The summed E-state index contributed by atoms with van der Waals surface area (Å²) in [5, 5.41) is 15.8. The lowest BCUT2D eigenvalue weighted by atomic mass is 9.77. The molecule has 0 radical (unpaired) electrons. The van der Waals surface area contributed by atoms with Crippen LogP contribution in [0.5, 0.6) is 0 Å². The summed E-state index contributed by atoms with van der Waals surface area (Å²) in [4.78, 5) is 18.3. The molecule has 0 atom stereocenters. The molecular weight excluding hydrogens is 701 g/mol. The van der Waals surface area contributed by atoms with Gasteiger partial charge in [0.05, 0.1) is 23.2 Å². The number of tetrazole rings is 1. The van der Waals surface area contributed by atoms with E-state index in [1.54, 1.807) is 6.07 Å². The second-order valence-corrected chi connectivity index (χ2v) is 14.3. The maximum atomic E-state index is 12.5. The number of nitrogens with zero attached hydrogens (tertiary/aromatic N) is 6. The van der Waals surface area contributed by atoms with Crippen LogP contribution in [0.25, 0.3) is 33.1 Å². The molecule has 0 N–H and O–H groups in total. The molecule has 0 fully saturated rings. The van der Waals surface area contributed by atoms with Crippen molar-refractivity contribution in [1.82, 2.24) is 29.8 Å². The van der Waals surface area contributed by atoms with E-state index < -0.39 is 5.54 Å². The largest absolute Gasteiger partial charge is 0.465 e. The van der Waals surface area contributed by atoms with Crippen molar-refractivity contribution in [3.63, 3.8) is 0 Å². The average molecular weight is 741 g/mol. The highest BCUT2D eigenvalue weighted by Crippen LogP contribution is 2.43. The van der Waals surface area contributed by atoms with Crippen LogP contribution >= 0.6 is 11.3 Å². The lowest BCUT2D eigenvalue weighted by molar-refractivity contribution is 0.0602. The van der Waals surface area contributed by atoms with Crippen molar-refractivity contribution < 1.29 is 9.53 Å². The highest BCUT2D eigenvalue weighted by Gasteiger charge is 2.42. The van der Waals surface area contributed by atoms with Crippen LogP contribution in [0.3, 0.4) is 0 Å². The first-order chi connectivity index (χ1) is 27.1. The number of carbonyl (C=O) groups excluding carboxylic acids is 1. The van der Waals surface area contributed by atoms with Gasteiger partial charge in [0.1, 0.15) is 11.4 Å². The Morgan fingerprint density at radius 2 is 1.35 bits per heavy atom. The summed E-state index contributed by atoms with van der Waals surface area (Å²) in [6.07, 6.45) is 5.01. The number of unbranched alkanes of at least 4 members (excludes halogenated alkanes) is 1. The molecule has 9 heteroatoms. The summed E-state index contributed by atoms with van der Waals surface area (Å²) in [6.45, 7) is 2.84. The van der Waals surface area contributed by atoms with Gasteiger partial charge in [-0.05, 0) is 61.7 Å². The fourth-order valence-electron chi connectivity index (χ4n) is 7.42. The summed E-state index contributed by atoms with van der Waals surface area (Å²) < 4.78 is 9.23. The molecule has 3 aromatic heterocycles. The number of methoxy groups -OCH3 is 1. The van der Waals surface area contributed by atoms with Crippen molar-refractivity contribution in [2.24, 2.45) is 0 Å². The van der Waals surface area contributed by atoms with Crippen LogP contribution in [0.15, 0.2) is 157 Å². The maximum absolute atomic E-state index is 12.5. The zero-order valence-corrected chi connectivity index (χ0v) is 31.6. The predicted molar refractivity (Wildman–Crippen MR) is 218 cm³/mol. The molecule has 0 unspecified atom stereocenters. The Balaban J connectivity index is 1.18. The van der Waals surface area contributed by atoms with E-state index in [9.17, 15) is 4.79 Å². The molecule has 0 aliphatic carbocycles. The van der Waals surface area contributed by atoms with Gasteiger partial charge in [-0.15, -0.1) is 16.4 Å². The summed E-state index contributed by atoms with van der Waals surface area (Å²) >= 11 is 1.50. The van der Waals surface area contributed by atoms with Crippen molar-refractivity contribution >= 4 is 17.3 Å². The van der Waals surface area contributed by atoms with E-state index in [0.717, 1.165) is 74.6 Å². The smallest absolute Gasteiger partial charge is 0.339 e. The van der Waals surface area contributed by atoms with Crippen LogP contribution in [-0.4, -0.2) is 42.8 Å². The molecule has 0 aliphatic heterocycles. The zero-order chi connectivity index (χ0) is 37.6. The van der Waals surface area contributed by atoms with E-state index >= 15 is 0 Å². The minimum Gasteiger partial charge on any atom is -0.465 e. The summed E-state index contributed by atoms with van der Waals surface area (Å²) in [5.74, 6) is 1.31. The van der Waals surface area contributed by atoms with Crippen LogP contribution in [0.1, 0.15) is 58.2 Å². The number of hydrogen-bond acceptors (Lipinski definition) is 7. The van der Waals surface area contributed by atoms with Gasteiger partial charge in [-0.1, -0.05) is 153 Å². The Bertz CT molecular complexity index is 2410. The number of thiophene rings is 1. The molecule has 3 heterocycles. The monoisotopic (exact) mass is 740 g/mol. The summed E-state index contributed by atoms with van der Waals surface area (Å²) in [7, 11) is 1.41. The average Bonchev–Trinajstić information content (AvgIpc) is 4.03. The molecule has 0 saturated carbocycles. The van der Waals surface area contributed by atoms with Gasteiger partial charge in [-0.25, -0.2) is 14.5 Å². The maximum Gasteiger partial charge on any atom is 0.339 e. The lowest BCUT2D eigenvalue weighted by Gasteiger charge is -2.36. The SMILES string of the molecule is CCCCc1nc(-c2sccc2C(=O)OC)cn1Cc1ccc(-c2ccccc2-c2nnnn2C(c2ccccc2)(c2ccccc2)c2ccccc2)cc1. The van der Waals surface area contributed by atoms with Crippen molar-refractivity contribution in [3.05, 3.63) is 191 Å². The quantitative estimate of drug-likeness (QED) is 0.0864. The summed E-state index contributed by atoms with van der Waals surface area (Å²) in [6, 6.07) is 50.1. The molecule has 272 valence electrons. The molecule has 0 aliphatic rings. The molecule has 0 bridgehead atoms. The normalized spacial score (nSPS) is 11.5. The van der Waals surface area contributed by atoms with Crippen LogP contribution in [-0.2, 0) is 23.2 Å². The third kappa shape index (κ3) is 6.79. The number of ether oxygens (including phenoxy) is 1. The highest BCUT2D eigenvalue weighted by atomic mass is 32.1. The van der Waals surface area contributed by atoms with Crippen molar-refractivity contribution in [2.75, 3.05) is 7.11 Å². The van der Waals surface area contributed by atoms with Crippen molar-refractivity contribution in [3.8, 4) is 33.1 Å². The Hall–Kier alpha value is -6.45. The number of aryl methyl sites for hydroxylation is 1. The van der Waals surface area contributed by atoms with Gasteiger partial charge >= 0.3 is 5.97 Å². The molecule has 8 aromatic rings. The second kappa shape index (κ2) is 15.9. The lowest BCUT2D eigenvalue weighted by Crippen LogP contribution is -2.39. The minimum absolute atomic E-state index is 0.350. The van der Waals surface area contributed by atoms with E-state index in [2.05, 4.69) is 138 Å². The zero-order valence-electron chi connectivity index (χ0n) is 30.7. The van der Waals surface area contributed by atoms with Gasteiger partial charge in [0.25, 0.3) is 0 Å². The third-order valence-corrected chi connectivity index (χ3v) is 11.0. The topological polar surface area (TPSA) is 87.7 Å². The summed E-state index contributed by atoms with van der Waals surface area (Å²) in [5.41, 5.74) is 7.75. The molecule has 8 nitrogen and oxygen atoms in total. The molecule has 55 heavy (non-hydrogen) atoms. The molecular formula is C46H40N6O2S. The van der Waals surface area contributed by atoms with Crippen LogP contribution in [0.2, 0.25) is 0 Å². The van der Waals surface area contributed by atoms with Gasteiger partial charge in [-0.3, -0.25) is 0 Å². The van der Waals surface area contributed by atoms with Crippen LogP contribution in [0.4, 0.5) is 0 Å². The highest BCUT2D eigenvalue weighted by molar-refractivity contribution is 7.14. The first-order valence-corrected chi connectivity index (χ1v) is 19.4. The number of aromatic nitrogens is 6. The number of esters is 1. The van der Waals surface area contributed by atoms with E-state index in [4.69, 9.17) is 20.0 Å². The second-order valence-electron chi connectivity index (χ2n) is 13.4. The third-order valence-electron chi connectivity index (χ3n) is 10.1. The Morgan fingerprint density at radius 3 is 1.95 bits per heavy atom. The fourth-order valence-corrected chi connectivity index (χ4v) is 8.25. The molecule has 8 rings (SSSR count). The van der Waals surface area contributed by atoms with E-state index in [1.165, 1.54) is 18.4 Å². The van der Waals surface area contributed by atoms with Crippen molar-refractivity contribution in [1.29, 1.82) is 0 Å². The molecule has 0 saturated heterocycles. The molecule has 0 spiro atoms. The standard InChI is InChI=1S/C46H40N6O2S/c1-3-4-24-42-47-41(43-40(29-30-55-43)45(53)54-2)32-51(42)31-33-25-27-34(28-26-33)38-22-14-15-23-39(38)44-48-49-50-52(44)46(35-16-8-5-9-17-35,36-18-10-6-11-19-36)37-20-12-7-13-21-37/h5-23,25-30,32H,3-4,24,31H2,1-2H3. The van der Waals surface area contributed by atoms with Crippen molar-refractivity contribution in [2.45, 2.75) is 38.3 Å². The Kier molecular flexibility index (Phi) is 10.3. The van der Waals surface area contributed by atoms with Gasteiger partial charge in [0.15, 0.2) is 5.82 Å². The number of imidazole rings is 1. The minimum atomic E-state index is -0.862. The van der Waals surface area contributed by atoms with Gasteiger partial charge in [0.2, 0.25) is 0 Å². The Morgan fingerprint density at radius 1 is 0.745 bits per heavy atom. The number of hydrogen-bond donors (Lipinski definition) is 0. The fraction of sp³-hybridized carbons (Fsp3) is 0.152. The van der Waals surface area contributed by atoms with Crippen LogP contribution < -0.4 is 0 Å². The van der Waals surface area contributed by atoms with Crippen LogP contribution in [0, 0.1) is 0 Å². The number of rotatable bonds is 13. The van der Waals surface area contributed by atoms with E-state index in [-0.39, 0.29) is 5.97 Å². The Labute approximate surface area is 324 Å². The number of benzene rings is 5. The molecule has 5 aromatic carbocycles. The van der Waals surface area contributed by atoms with E-state index in [1.807, 2.05) is 34.3 Å². The number of carbonyl (C=O) groups is 1.